The number of carbonyl (C=O) groups excluding carboxylic acids is 1. The smallest absolute Gasteiger partial charge is 0.319 e. The number of fused-ring (bicyclic) bond motifs is 2. The van der Waals surface area contributed by atoms with E-state index in [0.29, 0.717) is 17.1 Å². The van der Waals surface area contributed by atoms with Crippen LogP contribution < -0.4 is 20.9 Å². The van der Waals surface area contributed by atoms with Gasteiger partial charge < -0.3 is 16.0 Å². The van der Waals surface area contributed by atoms with Crippen LogP contribution in [-0.4, -0.2) is 46.7 Å². The normalized spacial score (nSPS) is 15.2. The molecule has 0 saturated carbocycles. The Morgan fingerprint density at radius 2 is 1.71 bits per heavy atom. The molecule has 3 aromatic carbocycles. The van der Waals surface area contributed by atoms with Gasteiger partial charge in [0.05, 0.1) is 11.4 Å². The van der Waals surface area contributed by atoms with Crippen molar-refractivity contribution >= 4 is 40.6 Å². The molecule has 0 unspecified atom stereocenters. The lowest BCUT2D eigenvalue weighted by Gasteiger charge is -2.32. The van der Waals surface area contributed by atoms with E-state index < -0.39 is 0 Å². The monoisotopic (exact) mass is 558 g/mol. The third-order valence-corrected chi connectivity index (χ3v) is 7.86. The average molecular weight is 559 g/mol. The van der Waals surface area contributed by atoms with Crippen molar-refractivity contribution in [1.29, 1.82) is 10.8 Å². The molecule has 1 aromatic heterocycles. The number of rotatable bonds is 5. The average Bonchev–Trinajstić information content (AvgIpc) is 3.13. The van der Waals surface area contributed by atoms with Gasteiger partial charge in [0.1, 0.15) is 11.7 Å². The number of aromatic nitrogens is 1. The predicted octanol–water partition coefficient (Wildman–Crippen LogP) is 6.09. The van der Waals surface area contributed by atoms with E-state index in [2.05, 4.69) is 38.0 Å². The second-order valence-electron chi connectivity index (χ2n) is 10.7. The summed E-state index contributed by atoms with van der Waals surface area (Å²) in [5.74, 6) is 1.05. The molecule has 0 aliphatic carbocycles. The number of pyridine rings is 1. The molecule has 42 heavy (non-hydrogen) atoms. The Labute approximate surface area is 245 Å². The first-order valence-corrected chi connectivity index (χ1v) is 14.2. The highest BCUT2D eigenvalue weighted by atomic mass is 16.2. The maximum absolute atomic E-state index is 12.5. The molecule has 1 fully saturated rings. The maximum Gasteiger partial charge on any atom is 0.319 e. The highest BCUT2D eigenvalue weighted by Crippen LogP contribution is 2.34. The molecule has 0 atom stereocenters. The number of hydrogen-bond acceptors (Lipinski definition) is 6. The third-order valence-electron chi connectivity index (χ3n) is 7.86. The molecule has 4 aromatic rings. The van der Waals surface area contributed by atoms with E-state index in [1.54, 1.807) is 11.1 Å². The molecule has 2 aliphatic heterocycles. The number of urea groups is 1. The highest BCUT2D eigenvalue weighted by Gasteiger charge is 2.28. The number of likely N-dealkylation sites (tertiary alicyclic amines) is 1. The van der Waals surface area contributed by atoms with E-state index in [-0.39, 0.29) is 23.7 Å². The van der Waals surface area contributed by atoms with Gasteiger partial charge in [-0.1, -0.05) is 54.6 Å². The van der Waals surface area contributed by atoms with Gasteiger partial charge in [0.25, 0.3) is 0 Å². The largest absolute Gasteiger partial charge is 0.338 e. The zero-order valence-corrected chi connectivity index (χ0v) is 23.5. The van der Waals surface area contributed by atoms with Gasteiger partial charge in [-0.05, 0) is 61.2 Å². The lowest BCUT2D eigenvalue weighted by atomic mass is 10.0. The van der Waals surface area contributed by atoms with Gasteiger partial charge >= 0.3 is 6.03 Å². The molecule has 2 amide bonds. The number of para-hydroxylation sites is 2. The molecule has 1 saturated heterocycles. The number of hydrogen-bond donors (Lipinski definition) is 5. The second-order valence-corrected chi connectivity index (χ2v) is 10.7. The first-order chi connectivity index (χ1) is 20.5. The summed E-state index contributed by atoms with van der Waals surface area (Å²) in [4.78, 5) is 21.0. The van der Waals surface area contributed by atoms with Gasteiger partial charge in [-0.2, -0.15) is 0 Å². The standard InChI is InChI=1S/C33H34N8O/c1-22-7-2-4-9-27(22)39-33(42)37-25-16-19-40(20-17-25)21-23-12-14-24(15-13-23)30(34)41-29-11-6-18-36-32(29)38-28-10-5-3-8-26(28)31(41)35/h2-15,18,25,34-35H,16-17,19-21H2,1H3,(H,36,38)(H2,37,39,42). The highest BCUT2D eigenvalue weighted by molar-refractivity contribution is 6.30. The molecular formula is C33H34N8O. The number of anilines is 4. The van der Waals surface area contributed by atoms with Crippen molar-refractivity contribution in [3.8, 4) is 0 Å². The summed E-state index contributed by atoms with van der Waals surface area (Å²) < 4.78 is 0. The van der Waals surface area contributed by atoms with E-state index in [9.17, 15) is 4.79 Å². The van der Waals surface area contributed by atoms with Crippen molar-refractivity contribution in [3.63, 3.8) is 0 Å². The molecular weight excluding hydrogens is 524 g/mol. The Morgan fingerprint density at radius 3 is 2.50 bits per heavy atom. The first kappa shape index (κ1) is 27.2. The van der Waals surface area contributed by atoms with Crippen molar-refractivity contribution in [2.24, 2.45) is 0 Å². The van der Waals surface area contributed by atoms with Crippen LogP contribution in [0.2, 0.25) is 0 Å². The third kappa shape index (κ3) is 5.73. The van der Waals surface area contributed by atoms with Crippen LogP contribution in [0.25, 0.3) is 0 Å². The van der Waals surface area contributed by atoms with Crippen molar-refractivity contribution in [2.45, 2.75) is 32.4 Å². The van der Waals surface area contributed by atoms with E-state index in [0.717, 1.165) is 60.5 Å². The second kappa shape index (κ2) is 11.8. The van der Waals surface area contributed by atoms with Crippen LogP contribution in [0.15, 0.2) is 91.1 Å². The molecule has 0 spiro atoms. The fraction of sp³-hybridized carbons (Fsp3) is 0.212. The molecule has 0 radical (unpaired) electrons. The van der Waals surface area contributed by atoms with Crippen molar-refractivity contribution in [1.82, 2.24) is 15.2 Å². The molecule has 0 bridgehead atoms. The van der Waals surface area contributed by atoms with Gasteiger partial charge in [-0.25, -0.2) is 9.78 Å². The molecule has 212 valence electrons. The number of nitrogens with zero attached hydrogens (tertiary/aromatic N) is 3. The van der Waals surface area contributed by atoms with Crippen LogP contribution in [0.3, 0.4) is 0 Å². The summed E-state index contributed by atoms with van der Waals surface area (Å²) in [6.45, 7) is 4.58. The van der Waals surface area contributed by atoms with Crippen LogP contribution in [0.1, 0.15) is 35.1 Å². The SMILES string of the molecule is Cc1ccccc1NC(=O)NC1CCN(Cc2ccc(C(=N)N3C(=N)c4ccccc4Nc4ncccc43)cc2)CC1. The van der Waals surface area contributed by atoms with Gasteiger partial charge in [0.15, 0.2) is 5.82 Å². The van der Waals surface area contributed by atoms with E-state index in [1.165, 1.54) is 0 Å². The minimum absolute atomic E-state index is 0.147. The minimum Gasteiger partial charge on any atom is -0.338 e. The summed E-state index contributed by atoms with van der Waals surface area (Å²) in [6, 6.07) is 27.1. The summed E-state index contributed by atoms with van der Waals surface area (Å²) >= 11 is 0. The summed E-state index contributed by atoms with van der Waals surface area (Å²) in [5, 5.41) is 27.5. The molecule has 9 nitrogen and oxygen atoms in total. The number of aryl methyl sites for hydroxylation is 1. The molecule has 2 aliphatic rings. The van der Waals surface area contributed by atoms with Crippen molar-refractivity contribution < 1.29 is 4.79 Å². The van der Waals surface area contributed by atoms with Crippen LogP contribution >= 0.6 is 0 Å². The quantitative estimate of drug-likeness (QED) is 0.150. The number of nitrogens with one attached hydrogen (secondary N) is 5. The fourth-order valence-electron chi connectivity index (χ4n) is 5.52. The lowest BCUT2D eigenvalue weighted by Crippen LogP contribution is -2.45. The number of piperidine rings is 1. The van der Waals surface area contributed by atoms with Gasteiger partial charge in [0.2, 0.25) is 0 Å². The van der Waals surface area contributed by atoms with Gasteiger partial charge in [-0.3, -0.25) is 20.6 Å². The summed E-state index contributed by atoms with van der Waals surface area (Å²) in [6.07, 6.45) is 3.49. The Morgan fingerprint density at radius 1 is 0.976 bits per heavy atom. The Hall–Kier alpha value is -5.02. The zero-order valence-electron chi connectivity index (χ0n) is 23.5. The van der Waals surface area contributed by atoms with E-state index in [1.807, 2.05) is 79.7 Å². The lowest BCUT2D eigenvalue weighted by molar-refractivity contribution is 0.190. The van der Waals surface area contributed by atoms with E-state index >= 15 is 0 Å². The number of benzene rings is 3. The minimum atomic E-state index is -0.157. The number of amides is 2. The Balaban J connectivity index is 1.07. The summed E-state index contributed by atoms with van der Waals surface area (Å²) in [7, 11) is 0. The zero-order chi connectivity index (χ0) is 29.1. The van der Waals surface area contributed by atoms with Crippen LogP contribution in [0.4, 0.5) is 27.7 Å². The molecule has 3 heterocycles. The van der Waals surface area contributed by atoms with Crippen molar-refractivity contribution in [3.05, 3.63) is 113 Å². The fourth-order valence-corrected chi connectivity index (χ4v) is 5.52. The van der Waals surface area contributed by atoms with Crippen LogP contribution in [-0.2, 0) is 6.54 Å². The van der Waals surface area contributed by atoms with Gasteiger partial charge in [0, 0.05) is 48.7 Å². The van der Waals surface area contributed by atoms with E-state index in [4.69, 9.17) is 10.8 Å². The molecule has 6 rings (SSSR count). The van der Waals surface area contributed by atoms with Crippen molar-refractivity contribution in [2.75, 3.05) is 28.6 Å². The van der Waals surface area contributed by atoms with Crippen LogP contribution in [0.5, 0.6) is 0 Å². The molecule has 5 N–H and O–H groups in total. The Kier molecular flexibility index (Phi) is 7.66. The Bertz CT molecular complexity index is 1630. The van der Waals surface area contributed by atoms with Crippen LogP contribution in [0, 0.1) is 17.7 Å². The number of carbonyl (C=O) groups is 1. The topological polar surface area (TPSA) is 120 Å². The van der Waals surface area contributed by atoms with Gasteiger partial charge in [-0.15, -0.1) is 0 Å². The maximum atomic E-state index is 12.5. The molecule has 9 heteroatoms. The first-order valence-electron chi connectivity index (χ1n) is 14.2. The summed E-state index contributed by atoms with van der Waals surface area (Å²) in [5.41, 5.74) is 5.92. The number of amidine groups is 2. The predicted molar refractivity (Wildman–Crippen MR) is 168 cm³/mol.